The zero-order valence-electron chi connectivity index (χ0n) is 15.8. The summed E-state index contributed by atoms with van der Waals surface area (Å²) in [4.78, 5) is 4.55. The first kappa shape index (κ1) is 23.2. The molecule has 1 aromatic rings. The Labute approximate surface area is 163 Å². The van der Waals surface area contributed by atoms with Crippen LogP contribution in [0.3, 0.4) is 0 Å². The highest BCUT2D eigenvalue weighted by molar-refractivity contribution is 14.0. The second kappa shape index (κ2) is 11.7. The van der Waals surface area contributed by atoms with Gasteiger partial charge in [-0.05, 0) is 33.6 Å². The van der Waals surface area contributed by atoms with Crippen LogP contribution in [0.5, 0.6) is 0 Å². The number of nitrogens with one attached hydrogen (secondary N) is 2. The Morgan fingerprint density at radius 3 is 2.50 bits per heavy atom. The second-order valence-corrected chi connectivity index (χ2v) is 6.24. The number of methoxy groups -OCH3 is 1. The summed E-state index contributed by atoms with van der Waals surface area (Å²) in [6.45, 7) is 12.4. The third kappa shape index (κ3) is 7.83. The van der Waals surface area contributed by atoms with E-state index in [-0.39, 0.29) is 29.6 Å². The molecular weight excluding hydrogens is 419 g/mol. The zero-order chi connectivity index (χ0) is 17.3. The van der Waals surface area contributed by atoms with Crippen LogP contribution in [0.4, 0.5) is 0 Å². The van der Waals surface area contributed by atoms with Gasteiger partial charge in [0.1, 0.15) is 6.54 Å². The summed E-state index contributed by atoms with van der Waals surface area (Å²) in [5.41, 5.74) is 0.782. The number of aromatic nitrogens is 1. The van der Waals surface area contributed by atoms with Crippen molar-refractivity contribution in [2.45, 2.75) is 65.5 Å². The number of guanidine groups is 1. The molecule has 0 aromatic carbocycles. The molecule has 140 valence electrons. The third-order valence-corrected chi connectivity index (χ3v) is 3.95. The lowest BCUT2D eigenvalue weighted by Crippen LogP contribution is -2.45. The van der Waals surface area contributed by atoms with E-state index in [1.165, 1.54) is 0 Å². The van der Waals surface area contributed by atoms with Gasteiger partial charge in [0.2, 0.25) is 0 Å². The molecule has 1 heterocycles. The van der Waals surface area contributed by atoms with Gasteiger partial charge in [-0.2, -0.15) is 0 Å². The Hall–Kier alpha value is -0.830. The van der Waals surface area contributed by atoms with Gasteiger partial charge in [-0.3, -0.25) is 0 Å². The van der Waals surface area contributed by atoms with Crippen LogP contribution < -0.4 is 10.6 Å². The van der Waals surface area contributed by atoms with Gasteiger partial charge in [0.25, 0.3) is 0 Å². The van der Waals surface area contributed by atoms with E-state index >= 15 is 0 Å². The predicted octanol–water partition coefficient (Wildman–Crippen LogP) is 3.68. The Bertz CT molecular complexity index is 485. The van der Waals surface area contributed by atoms with Crippen LogP contribution in [0.25, 0.3) is 0 Å². The largest absolute Gasteiger partial charge is 0.377 e. The second-order valence-electron chi connectivity index (χ2n) is 6.24. The van der Waals surface area contributed by atoms with Crippen molar-refractivity contribution in [2.75, 3.05) is 20.2 Å². The monoisotopic (exact) mass is 452 g/mol. The maximum Gasteiger partial charge on any atom is 0.191 e. The van der Waals surface area contributed by atoms with E-state index in [0.717, 1.165) is 36.8 Å². The first-order valence-electron chi connectivity index (χ1n) is 8.48. The molecule has 0 bridgehead atoms. The molecule has 0 aliphatic carbocycles. The topological polar surface area (TPSA) is 71.7 Å². The molecular formula is C17H33IN4O2. The molecule has 0 saturated heterocycles. The number of aliphatic imine (C=N–C) groups is 1. The average Bonchev–Trinajstić information content (AvgIpc) is 3.00. The number of rotatable bonds is 9. The Kier molecular flexibility index (Phi) is 11.3. The van der Waals surface area contributed by atoms with E-state index < -0.39 is 0 Å². The Morgan fingerprint density at radius 1 is 1.29 bits per heavy atom. The molecule has 0 aliphatic rings. The summed E-state index contributed by atoms with van der Waals surface area (Å²) in [6.07, 6.45) is 2.14. The molecule has 1 aromatic heterocycles. The standard InChI is InChI=1S/C17H32N4O2.HI/c1-7-13(8-2)15-10-14(23-21-15)11-19-16(18-9-3)20-12-17(4,5)22-6;/h10,13H,7-9,11-12H2,1-6H3,(H2,18,19,20);1H. The van der Waals surface area contributed by atoms with Crippen LogP contribution in [-0.2, 0) is 11.3 Å². The van der Waals surface area contributed by atoms with Gasteiger partial charge in [-0.1, -0.05) is 19.0 Å². The molecule has 0 amide bonds. The molecule has 0 aliphatic heterocycles. The summed E-state index contributed by atoms with van der Waals surface area (Å²) < 4.78 is 10.8. The zero-order valence-corrected chi connectivity index (χ0v) is 18.1. The lowest BCUT2D eigenvalue weighted by molar-refractivity contribution is 0.0268. The van der Waals surface area contributed by atoms with Crippen molar-refractivity contribution in [3.05, 3.63) is 17.5 Å². The predicted molar refractivity (Wildman–Crippen MR) is 109 cm³/mol. The molecule has 0 spiro atoms. The highest BCUT2D eigenvalue weighted by atomic mass is 127. The normalized spacial score (nSPS) is 12.2. The van der Waals surface area contributed by atoms with Gasteiger partial charge in [0, 0.05) is 32.2 Å². The maximum atomic E-state index is 5.41. The minimum absolute atomic E-state index is 0. The van der Waals surface area contributed by atoms with Crippen molar-refractivity contribution >= 4 is 29.9 Å². The van der Waals surface area contributed by atoms with E-state index in [4.69, 9.17) is 9.26 Å². The summed E-state index contributed by atoms with van der Waals surface area (Å²) in [5.74, 6) is 2.00. The highest BCUT2D eigenvalue weighted by Gasteiger charge is 2.17. The van der Waals surface area contributed by atoms with Crippen molar-refractivity contribution in [2.24, 2.45) is 4.99 Å². The molecule has 0 unspecified atom stereocenters. The van der Waals surface area contributed by atoms with E-state index in [9.17, 15) is 0 Å². The average molecular weight is 452 g/mol. The molecule has 7 heteroatoms. The fraction of sp³-hybridized carbons (Fsp3) is 0.765. The van der Waals surface area contributed by atoms with Gasteiger partial charge in [-0.25, -0.2) is 4.99 Å². The van der Waals surface area contributed by atoms with Crippen LogP contribution in [0.2, 0.25) is 0 Å². The Morgan fingerprint density at radius 2 is 1.96 bits per heavy atom. The van der Waals surface area contributed by atoms with E-state index in [1.54, 1.807) is 7.11 Å². The smallest absolute Gasteiger partial charge is 0.191 e. The molecule has 24 heavy (non-hydrogen) atoms. The fourth-order valence-electron chi connectivity index (χ4n) is 2.17. The fourth-order valence-corrected chi connectivity index (χ4v) is 2.17. The van der Waals surface area contributed by atoms with Crippen molar-refractivity contribution in [3.8, 4) is 0 Å². The van der Waals surface area contributed by atoms with Gasteiger partial charge in [-0.15, -0.1) is 24.0 Å². The third-order valence-electron chi connectivity index (χ3n) is 3.95. The van der Waals surface area contributed by atoms with Crippen molar-refractivity contribution < 1.29 is 9.26 Å². The van der Waals surface area contributed by atoms with Crippen LogP contribution in [0.1, 0.15) is 64.8 Å². The van der Waals surface area contributed by atoms with Crippen LogP contribution in [-0.4, -0.2) is 36.9 Å². The lowest BCUT2D eigenvalue weighted by Gasteiger charge is -2.24. The number of hydrogen-bond acceptors (Lipinski definition) is 4. The number of halogens is 1. The lowest BCUT2D eigenvalue weighted by atomic mass is 9.99. The summed E-state index contributed by atoms with van der Waals surface area (Å²) in [5, 5.41) is 10.7. The quantitative estimate of drug-likeness (QED) is 0.340. The first-order chi connectivity index (χ1) is 11.0. The SMILES string of the molecule is CCNC(=NCc1cc(C(CC)CC)no1)NCC(C)(C)OC.I. The van der Waals surface area contributed by atoms with Crippen LogP contribution in [0.15, 0.2) is 15.6 Å². The van der Waals surface area contributed by atoms with Crippen LogP contribution >= 0.6 is 24.0 Å². The molecule has 0 saturated carbocycles. The number of nitrogens with zero attached hydrogens (tertiary/aromatic N) is 2. The first-order valence-corrected chi connectivity index (χ1v) is 8.48. The maximum absolute atomic E-state index is 5.41. The van der Waals surface area contributed by atoms with E-state index in [2.05, 4.69) is 34.6 Å². The van der Waals surface area contributed by atoms with Crippen molar-refractivity contribution in [1.82, 2.24) is 15.8 Å². The van der Waals surface area contributed by atoms with E-state index in [1.807, 2.05) is 26.8 Å². The van der Waals surface area contributed by atoms with Gasteiger partial charge in [0.05, 0.1) is 11.3 Å². The van der Waals surface area contributed by atoms with Gasteiger partial charge < -0.3 is 19.9 Å². The highest BCUT2D eigenvalue weighted by Crippen LogP contribution is 2.22. The van der Waals surface area contributed by atoms with Crippen molar-refractivity contribution in [1.29, 1.82) is 0 Å². The van der Waals surface area contributed by atoms with Crippen LogP contribution in [0, 0.1) is 0 Å². The Balaban J connectivity index is 0.00000529. The number of ether oxygens (including phenoxy) is 1. The summed E-state index contributed by atoms with van der Waals surface area (Å²) in [6, 6.07) is 2.02. The summed E-state index contributed by atoms with van der Waals surface area (Å²) >= 11 is 0. The van der Waals surface area contributed by atoms with E-state index in [0.29, 0.717) is 19.0 Å². The minimum Gasteiger partial charge on any atom is -0.377 e. The molecule has 0 atom stereocenters. The van der Waals surface area contributed by atoms with Crippen molar-refractivity contribution in [3.63, 3.8) is 0 Å². The molecule has 0 radical (unpaired) electrons. The summed E-state index contributed by atoms with van der Waals surface area (Å²) in [7, 11) is 1.71. The van der Waals surface area contributed by atoms with Gasteiger partial charge >= 0.3 is 0 Å². The molecule has 1 rings (SSSR count). The minimum atomic E-state index is -0.245. The molecule has 2 N–H and O–H groups in total. The number of hydrogen-bond donors (Lipinski definition) is 2. The molecule has 6 nitrogen and oxygen atoms in total. The van der Waals surface area contributed by atoms with Gasteiger partial charge in [0.15, 0.2) is 11.7 Å². The molecule has 0 fully saturated rings.